The van der Waals surface area contributed by atoms with Crippen LogP contribution in [0.3, 0.4) is 0 Å². The van der Waals surface area contributed by atoms with Crippen LogP contribution in [-0.4, -0.2) is 16.1 Å². The number of hydrogen-bond donors (Lipinski definition) is 1. The number of imidazole rings is 1. The van der Waals surface area contributed by atoms with Gasteiger partial charge in [-0.05, 0) is 19.3 Å². The van der Waals surface area contributed by atoms with Crippen molar-refractivity contribution in [1.29, 1.82) is 0 Å². The highest BCUT2D eigenvalue weighted by atomic mass is 15.1. The lowest BCUT2D eigenvalue weighted by Gasteiger charge is -2.26. The van der Waals surface area contributed by atoms with Gasteiger partial charge in [-0.2, -0.15) is 0 Å². The second kappa shape index (κ2) is 6.51. The Morgan fingerprint density at radius 2 is 1.90 bits per heavy atom. The Balaban J connectivity index is 2.25. The van der Waals surface area contributed by atoms with Crippen LogP contribution >= 0.6 is 0 Å². The zero-order valence-corrected chi connectivity index (χ0v) is 14.8. The van der Waals surface area contributed by atoms with Gasteiger partial charge in [0.15, 0.2) is 0 Å². The summed E-state index contributed by atoms with van der Waals surface area (Å²) < 4.78 is 2.57. The molecule has 0 spiro atoms. The lowest BCUT2D eigenvalue weighted by Crippen LogP contribution is -2.26. The van der Waals surface area contributed by atoms with Gasteiger partial charge in [0, 0.05) is 36.7 Å². The van der Waals surface area contributed by atoms with Crippen LogP contribution in [0, 0.1) is 5.92 Å². The van der Waals surface area contributed by atoms with E-state index >= 15 is 0 Å². The van der Waals surface area contributed by atoms with Crippen LogP contribution in [-0.2, 0) is 18.4 Å². The highest BCUT2D eigenvalue weighted by Crippen LogP contribution is 2.31. The van der Waals surface area contributed by atoms with Crippen molar-refractivity contribution >= 4 is 0 Å². The molecule has 1 unspecified atom stereocenters. The average Bonchev–Trinajstić information content (AvgIpc) is 2.77. The molecule has 21 heavy (non-hydrogen) atoms. The van der Waals surface area contributed by atoms with Gasteiger partial charge in [0.05, 0.1) is 5.69 Å². The second-order valence-electron chi connectivity index (χ2n) is 8.05. The fraction of sp³-hybridized carbons (Fsp3) is 0.833. The topological polar surface area (TPSA) is 29.9 Å². The van der Waals surface area contributed by atoms with E-state index in [1.54, 1.807) is 0 Å². The van der Waals surface area contributed by atoms with Crippen molar-refractivity contribution in [2.75, 3.05) is 6.54 Å². The number of hydrogen-bond acceptors (Lipinski definition) is 2. The van der Waals surface area contributed by atoms with Gasteiger partial charge in [-0.25, -0.2) is 4.98 Å². The third-order valence-electron chi connectivity index (χ3n) is 4.44. The van der Waals surface area contributed by atoms with Gasteiger partial charge < -0.3 is 9.88 Å². The van der Waals surface area contributed by atoms with Gasteiger partial charge in [0.1, 0.15) is 5.82 Å². The second-order valence-corrected chi connectivity index (χ2v) is 8.05. The van der Waals surface area contributed by atoms with Crippen LogP contribution in [0.1, 0.15) is 84.1 Å². The van der Waals surface area contributed by atoms with Crippen LogP contribution in [0.25, 0.3) is 0 Å². The molecule has 0 bridgehead atoms. The largest absolute Gasteiger partial charge is 0.328 e. The molecule has 3 nitrogen and oxygen atoms in total. The van der Waals surface area contributed by atoms with E-state index in [9.17, 15) is 0 Å². The van der Waals surface area contributed by atoms with Gasteiger partial charge >= 0.3 is 0 Å². The number of nitrogens with zero attached hydrogens (tertiary/aromatic N) is 2. The molecule has 1 aromatic heterocycles. The van der Waals surface area contributed by atoms with Gasteiger partial charge in [0.25, 0.3) is 0 Å². The summed E-state index contributed by atoms with van der Waals surface area (Å²) in [4.78, 5) is 4.99. The third kappa shape index (κ3) is 3.88. The van der Waals surface area contributed by atoms with Crippen LogP contribution in [0.2, 0.25) is 0 Å². The molecule has 120 valence electrons. The van der Waals surface area contributed by atoms with E-state index in [4.69, 9.17) is 4.98 Å². The third-order valence-corrected chi connectivity index (χ3v) is 4.44. The molecule has 1 aliphatic heterocycles. The Labute approximate surface area is 130 Å². The molecule has 1 atom stereocenters. The Bertz CT molecular complexity index is 466. The maximum Gasteiger partial charge on any atom is 0.114 e. The summed E-state index contributed by atoms with van der Waals surface area (Å²) >= 11 is 0. The van der Waals surface area contributed by atoms with Crippen molar-refractivity contribution < 1.29 is 0 Å². The summed E-state index contributed by atoms with van der Waals surface area (Å²) in [6.07, 6.45) is 5.02. The van der Waals surface area contributed by atoms with Gasteiger partial charge in [-0.1, -0.05) is 47.5 Å². The molecule has 2 heterocycles. The van der Waals surface area contributed by atoms with Crippen molar-refractivity contribution in [2.45, 2.75) is 85.2 Å². The molecule has 0 aromatic carbocycles. The molecule has 1 N–H and O–H groups in total. The molecular formula is C18H33N3. The quantitative estimate of drug-likeness (QED) is 0.880. The van der Waals surface area contributed by atoms with Crippen molar-refractivity contribution in [2.24, 2.45) is 5.92 Å². The molecule has 2 rings (SSSR count). The van der Waals surface area contributed by atoms with Gasteiger partial charge in [-0.15, -0.1) is 0 Å². The fourth-order valence-electron chi connectivity index (χ4n) is 3.29. The van der Waals surface area contributed by atoms with Crippen molar-refractivity contribution in [3.63, 3.8) is 0 Å². The molecular weight excluding hydrogens is 258 g/mol. The van der Waals surface area contributed by atoms with Crippen molar-refractivity contribution in [1.82, 2.24) is 14.9 Å². The lowest BCUT2D eigenvalue weighted by molar-refractivity contribution is 0.398. The molecule has 1 aliphatic rings. The summed E-state index contributed by atoms with van der Waals surface area (Å²) in [5.41, 5.74) is 2.88. The molecule has 0 saturated heterocycles. The minimum atomic E-state index is 0.115. The molecule has 0 amide bonds. The summed E-state index contributed by atoms with van der Waals surface area (Å²) in [7, 11) is 0. The number of nitrogens with one attached hydrogen (secondary N) is 1. The zero-order chi connectivity index (χ0) is 15.6. The minimum Gasteiger partial charge on any atom is -0.328 e. The number of aromatic nitrogens is 2. The van der Waals surface area contributed by atoms with E-state index in [0.717, 1.165) is 25.4 Å². The summed E-state index contributed by atoms with van der Waals surface area (Å²) in [5.74, 6) is 2.08. The monoisotopic (exact) mass is 291 g/mol. The smallest absolute Gasteiger partial charge is 0.114 e. The fourth-order valence-corrected chi connectivity index (χ4v) is 3.29. The van der Waals surface area contributed by atoms with E-state index in [1.807, 2.05) is 0 Å². The van der Waals surface area contributed by atoms with Crippen LogP contribution in [0.15, 0.2) is 0 Å². The molecule has 0 radical (unpaired) electrons. The highest BCUT2D eigenvalue weighted by Gasteiger charge is 2.28. The van der Waals surface area contributed by atoms with E-state index in [2.05, 4.69) is 51.4 Å². The first-order valence-electron chi connectivity index (χ1n) is 8.62. The van der Waals surface area contributed by atoms with Crippen LogP contribution in [0.4, 0.5) is 0 Å². The van der Waals surface area contributed by atoms with E-state index in [0.29, 0.717) is 6.04 Å². The SMILES string of the molecule is CC(C)CCCC(C)n1c(C(C)(C)C)nc2c1CCNC2. The standard InChI is InChI=1S/C18H33N3/c1-13(2)8-7-9-14(3)21-16-10-11-19-12-15(16)20-17(21)18(4,5)6/h13-14,19H,7-12H2,1-6H3. The van der Waals surface area contributed by atoms with E-state index in [-0.39, 0.29) is 5.41 Å². The summed E-state index contributed by atoms with van der Waals surface area (Å²) in [5, 5.41) is 3.45. The predicted molar refractivity (Wildman–Crippen MR) is 89.7 cm³/mol. The Morgan fingerprint density at radius 3 is 2.52 bits per heavy atom. The van der Waals surface area contributed by atoms with Gasteiger partial charge in [0.2, 0.25) is 0 Å². The van der Waals surface area contributed by atoms with E-state index in [1.165, 1.54) is 36.5 Å². The maximum absolute atomic E-state index is 4.99. The van der Waals surface area contributed by atoms with E-state index < -0.39 is 0 Å². The van der Waals surface area contributed by atoms with Crippen molar-refractivity contribution in [3.8, 4) is 0 Å². The molecule has 1 aromatic rings. The molecule has 0 fully saturated rings. The Kier molecular flexibility index (Phi) is 5.13. The van der Waals surface area contributed by atoms with Crippen molar-refractivity contribution in [3.05, 3.63) is 17.2 Å². The number of rotatable bonds is 5. The summed E-state index contributed by atoms with van der Waals surface area (Å²) in [6, 6.07) is 0.562. The maximum atomic E-state index is 4.99. The molecule has 0 saturated carbocycles. The Morgan fingerprint density at radius 1 is 1.19 bits per heavy atom. The Hall–Kier alpha value is -0.830. The molecule has 0 aliphatic carbocycles. The summed E-state index contributed by atoms with van der Waals surface area (Å²) in [6.45, 7) is 15.9. The first kappa shape index (κ1) is 16.5. The minimum absolute atomic E-state index is 0.115. The molecule has 3 heteroatoms. The number of fused-ring (bicyclic) bond motifs is 1. The van der Waals surface area contributed by atoms with Gasteiger partial charge in [-0.3, -0.25) is 0 Å². The van der Waals surface area contributed by atoms with Crippen LogP contribution < -0.4 is 5.32 Å². The predicted octanol–water partition coefficient (Wildman–Crippen LogP) is 4.21. The lowest BCUT2D eigenvalue weighted by atomic mass is 9.94. The highest BCUT2D eigenvalue weighted by molar-refractivity contribution is 5.24. The first-order chi connectivity index (χ1) is 9.80. The average molecular weight is 291 g/mol. The van der Waals surface area contributed by atoms with Crippen LogP contribution in [0.5, 0.6) is 0 Å². The normalized spacial score (nSPS) is 17.1. The zero-order valence-electron chi connectivity index (χ0n) is 14.8. The first-order valence-corrected chi connectivity index (χ1v) is 8.62.